The van der Waals surface area contributed by atoms with Crippen molar-refractivity contribution < 1.29 is 31.2 Å². The number of halogens is 3. The molecule has 1 aliphatic rings. The largest absolute Gasteiger partial charge is 0.435 e. The molecule has 2 heterocycles. The minimum absolute atomic E-state index is 0.0832. The number of carbonyl (C=O) groups excluding carboxylic acids is 2. The number of alkyl halides is 3. The van der Waals surface area contributed by atoms with Gasteiger partial charge in [-0.1, -0.05) is 0 Å². The van der Waals surface area contributed by atoms with E-state index < -0.39 is 33.7 Å². The van der Waals surface area contributed by atoms with Gasteiger partial charge in [0.2, 0.25) is 5.91 Å². The Balaban J connectivity index is 1.62. The van der Waals surface area contributed by atoms with Gasteiger partial charge in [-0.15, -0.1) is 0 Å². The Kier molecular flexibility index (Phi) is 5.88. The highest BCUT2D eigenvalue weighted by molar-refractivity contribution is 7.91. The Hall–Kier alpha value is -2.89. The first-order valence-corrected chi connectivity index (χ1v) is 10.8. The number of aromatic nitrogens is 2. The van der Waals surface area contributed by atoms with Gasteiger partial charge >= 0.3 is 6.18 Å². The molecular formula is C18H19F3N4O4S. The second-order valence-electron chi connectivity index (χ2n) is 6.86. The molecule has 1 aliphatic heterocycles. The first-order valence-electron chi connectivity index (χ1n) is 9.00. The Morgan fingerprint density at radius 1 is 1.10 bits per heavy atom. The van der Waals surface area contributed by atoms with Crippen LogP contribution in [0.3, 0.4) is 0 Å². The number of carbonyl (C=O) groups is 2. The Morgan fingerprint density at radius 2 is 1.70 bits per heavy atom. The van der Waals surface area contributed by atoms with Crippen molar-refractivity contribution in [2.24, 2.45) is 0 Å². The third-order valence-corrected chi connectivity index (χ3v) is 6.26. The highest BCUT2D eigenvalue weighted by Crippen LogP contribution is 2.27. The van der Waals surface area contributed by atoms with Crippen LogP contribution in [0.4, 0.5) is 13.2 Å². The van der Waals surface area contributed by atoms with Gasteiger partial charge in [0.25, 0.3) is 5.91 Å². The lowest BCUT2D eigenvalue weighted by Crippen LogP contribution is -2.51. The van der Waals surface area contributed by atoms with Gasteiger partial charge in [0.1, 0.15) is 6.04 Å². The number of sulfone groups is 1. The summed E-state index contributed by atoms with van der Waals surface area (Å²) >= 11 is 0. The van der Waals surface area contributed by atoms with E-state index in [0.717, 1.165) is 16.9 Å². The molecule has 1 unspecified atom stereocenters. The van der Waals surface area contributed by atoms with Gasteiger partial charge in [-0.25, -0.2) is 13.1 Å². The lowest BCUT2D eigenvalue weighted by Gasteiger charge is -2.29. The lowest BCUT2D eigenvalue weighted by molar-refractivity contribution is -0.141. The van der Waals surface area contributed by atoms with Gasteiger partial charge in [0.15, 0.2) is 15.5 Å². The average molecular weight is 444 g/mol. The van der Waals surface area contributed by atoms with Crippen LogP contribution < -0.4 is 5.32 Å². The van der Waals surface area contributed by atoms with Gasteiger partial charge in [-0.05, 0) is 37.3 Å². The lowest BCUT2D eigenvalue weighted by atomic mass is 10.1. The van der Waals surface area contributed by atoms with Crippen LogP contribution in [0.2, 0.25) is 0 Å². The van der Waals surface area contributed by atoms with Crippen molar-refractivity contribution >= 4 is 21.7 Å². The highest BCUT2D eigenvalue weighted by Gasteiger charge is 2.33. The molecule has 30 heavy (non-hydrogen) atoms. The fourth-order valence-corrected chi connectivity index (χ4v) is 4.13. The first-order chi connectivity index (χ1) is 14.0. The monoisotopic (exact) mass is 444 g/mol. The van der Waals surface area contributed by atoms with Crippen LogP contribution in [0.25, 0.3) is 5.69 Å². The molecule has 0 radical (unpaired) electrons. The summed E-state index contributed by atoms with van der Waals surface area (Å²) in [6, 6.07) is 5.67. The molecule has 1 aromatic carbocycles. The van der Waals surface area contributed by atoms with Crippen LogP contribution in [0.5, 0.6) is 0 Å². The van der Waals surface area contributed by atoms with Crippen molar-refractivity contribution in [1.29, 1.82) is 0 Å². The van der Waals surface area contributed by atoms with Crippen LogP contribution in [-0.4, -0.2) is 65.5 Å². The highest BCUT2D eigenvalue weighted by atomic mass is 32.2. The SMILES string of the molecule is CC(NC(=O)c1ccc(-n2ccc(C(F)(F)F)n2)cc1)C(=O)N1CCS(=O)(=O)CC1. The van der Waals surface area contributed by atoms with Crippen LogP contribution >= 0.6 is 0 Å². The molecule has 1 aromatic heterocycles. The standard InChI is InChI=1S/C18H19F3N4O4S/c1-12(17(27)24-8-10-30(28,29)11-9-24)22-16(26)13-2-4-14(5-3-13)25-7-6-15(23-25)18(19,20)21/h2-7,12H,8-11H2,1H3,(H,22,26). The van der Waals surface area contributed by atoms with E-state index in [-0.39, 0.29) is 36.1 Å². The van der Waals surface area contributed by atoms with E-state index in [9.17, 15) is 31.2 Å². The van der Waals surface area contributed by atoms with Gasteiger partial charge in [0.05, 0.1) is 17.2 Å². The summed E-state index contributed by atoms with van der Waals surface area (Å²) in [6.45, 7) is 1.67. The molecule has 1 N–H and O–H groups in total. The molecule has 0 spiro atoms. The van der Waals surface area contributed by atoms with Crippen molar-refractivity contribution in [3.05, 3.63) is 47.8 Å². The van der Waals surface area contributed by atoms with Gasteiger partial charge in [0, 0.05) is 24.8 Å². The maximum atomic E-state index is 12.7. The number of hydrogen-bond donors (Lipinski definition) is 1. The zero-order chi connectivity index (χ0) is 22.1. The molecule has 1 saturated heterocycles. The Morgan fingerprint density at radius 3 is 2.23 bits per heavy atom. The maximum Gasteiger partial charge on any atom is 0.435 e. The van der Waals surface area contributed by atoms with E-state index in [1.54, 1.807) is 0 Å². The molecule has 0 bridgehead atoms. The Labute approximate surface area is 170 Å². The molecule has 2 amide bonds. The second-order valence-corrected chi connectivity index (χ2v) is 9.17. The summed E-state index contributed by atoms with van der Waals surface area (Å²) in [7, 11) is -3.13. The topological polar surface area (TPSA) is 101 Å². The molecular weight excluding hydrogens is 425 g/mol. The molecule has 1 atom stereocenters. The quantitative estimate of drug-likeness (QED) is 0.765. The van der Waals surface area contributed by atoms with Gasteiger partial charge in [-0.3, -0.25) is 9.59 Å². The normalized spacial score (nSPS) is 17.4. The van der Waals surface area contributed by atoms with Crippen molar-refractivity contribution in [3.8, 4) is 5.69 Å². The third-order valence-electron chi connectivity index (χ3n) is 4.65. The maximum absolute atomic E-state index is 12.7. The van der Waals surface area contributed by atoms with Crippen molar-refractivity contribution in [2.45, 2.75) is 19.1 Å². The minimum atomic E-state index is -4.55. The first kappa shape index (κ1) is 21.8. The molecule has 8 nitrogen and oxygen atoms in total. The number of hydrogen-bond acceptors (Lipinski definition) is 5. The third kappa shape index (κ3) is 4.99. The van der Waals surface area contributed by atoms with E-state index in [1.807, 2.05) is 0 Å². The van der Waals surface area contributed by atoms with Crippen LogP contribution in [0.15, 0.2) is 36.5 Å². The number of nitrogens with zero attached hydrogens (tertiary/aromatic N) is 3. The summed E-state index contributed by atoms with van der Waals surface area (Å²) in [5.41, 5.74) is -0.481. The van der Waals surface area contributed by atoms with Gasteiger partial charge < -0.3 is 10.2 Å². The van der Waals surface area contributed by atoms with E-state index in [0.29, 0.717) is 5.69 Å². The van der Waals surface area contributed by atoms with Crippen molar-refractivity contribution in [1.82, 2.24) is 20.0 Å². The predicted molar refractivity (Wildman–Crippen MR) is 101 cm³/mol. The summed E-state index contributed by atoms with van der Waals surface area (Å²) in [5.74, 6) is -1.14. The fourth-order valence-electron chi connectivity index (χ4n) is 2.93. The second kappa shape index (κ2) is 8.09. The van der Waals surface area contributed by atoms with Crippen molar-refractivity contribution in [3.63, 3.8) is 0 Å². The smallest absolute Gasteiger partial charge is 0.341 e. The molecule has 1 fully saturated rings. The van der Waals surface area contributed by atoms with E-state index >= 15 is 0 Å². The molecule has 2 aromatic rings. The molecule has 3 rings (SSSR count). The van der Waals surface area contributed by atoms with Crippen LogP contribution in [-0.2, 0) is 20.8 Å². The Bertz CT molecular complexity index is 1030. The van der Waals surface area contributed by atoms with Crippen LogP contribution in [0.1, 0.15) is 23.0 Å². The average Bonchev–Trinajstić information content (AvgIpc) is 3.18. The number of amides is 2. The molecule has 0 saturated carbocycles. The number of rotatable bonds is 4. The van der Waals surface area contributed by atoms with E-state index in [4.69, 9.17) is 0 Å². The summed E-state index contributed by atoms with van der Waals surface area (Å²) < 4.78 is 61.9. The van der Waals surface area contributed by atoms with Crippen LogP contribution in [0, 0.1) is 0 Å². The van der Waals surface area contributed by atoms with Gasteiger partial charge in [-0.2, -0.15) is 18.3 Å². The van der Waals surface area contributed by atoms with Crippen molar-refractivity contribution in [2.75, 3.05) is 24.6 Å². The summed E-state index contributed by atoms with van der Waals surface area (Å²) in [6.07, 6.45) is -3.39. The zero-order valence-corrected chi connectivity index (χ0v) is 16.7. The summed E-state index contributed by atoms with van der Waals surface area (Å²) in [4.78, 5) is 26.2. The molecule has 0 aliphatic carbocycles. The summed E-state index contributed by atoms with van der Waals surface area (Å²) in [5, 5.41) is 6.00. The fraction of sp³-hybridized carbons (Fsp3) is 0.389. The predicted octanol–water partition coefficient (Wildman–Crippen LogP) is 1.27. The zero-order valence-electron chi connectivity index (χ0n) is 15.9. The minimum Gasteiger partial charge on any atom is -0.341 e. The van der Waals surface area contributed by atoms with E-state index in [2.05, 4.69) is 10.4 Å². The molecule has 162 valence electrons. The molecule has 12 heteroatoms. The number of benzene rings is 1. The number of nitrogens with one attached hydrogen (secondary N) is 1. The van der Waals surface area contributed by atoms with E-state index in [1.165, 1.54) is 36.1 Å².